The fourth-order valence-corrected chi connectivity index (χ4v) is 1.97. The molecule has 0 fully saturated rings. The molecule has 0 aliphatic rings. The Hall–Kier alpha value is -0.780. The number of thiazole rings is 1. The summed E-state index contributed by atoms with van der Waals surface area (Å²) in [4.78, 5) is 8.46. The lowest BCUT2D eigenvalue weighted by Crippen LogP contribution is -2.13. The Bertz CT molecular complexity index is 399. The zero-order chi connectivity index (χ0) is 10.5. The Kier molecular flexibility index (Phi) is 3.82. The van der Waals surface area contributed by atoms with Crippen molar-refractivity contribution in [2.24, 2.45) is 0 Å². The van der Waals surface area contributed by atoms with Gasteiger partial charge in [-0.25, -0.2) is 4.98 Å². The van der Waals surface area contributed by atoms with Crippen LogP contribution in [0.2, 0.25) is 0 Å². The van der Waals surface area contributed by atoms with Gasteiger partial charge in [0.25, 0.3) is 0 Å². The molecule has 15 heavy (non-hydrogen) atoms. The Morgan fingerprint density at radius 3 is 2.87 bits per heavy atom. The van der Waals surface area contributed by atoms with Gasteiger partial charge in [-0.1, -0.05) is 0 Å². The maximum absolute atomic E-state index is 4.27. The molecule has 2 rings (SSSR count). The van der Waals surface area contributed by atoms with Gasteiger partial charge in [0.2, 0.25) is 0 Å². The van der Waals surface area contributed by atoms with E-state index in [9.17, 15) is 0 Å². The molecule has 0 saturated heterocycles. The molecule has 5 heteroatoms. The fraction of sp³-hybridized carbons (Fsp3) is 0.200. The van der Waals surface area contributed by atoms with Crippen molar-refractivity contribution in [2.45, 2.75) is 13.1 Å². The number of halogens is 1. The highest BCUT2D eigenvalue weighted by Crippen LogP contribution is 2.07. The molecule has 0 aliphatic carbocycles. The van der Waals surface area contributed by atoms with Gasteiger partial charge in [-0.05, 0) is 28.1 Å². The van der Waals surface area contributed by atoms with Crippen LogP contribution in [0.3, 0.4) is 0 Å². The summed E-state index contributed by atoms with van der Waals surface area (Å²) in [6.45, 7) is 1.57. The first-order valence-corrected chi connectivity index (χ1v) is 6.21. The van der Waals surface area contributed by atoms with E-state index in [0.29, 0.717) is 0 Å². The SMILES string of the molecule is Brc1ccc(CNCc2nccs2)nc1. The van der Waals surface area contributed by atoms with Crippen LogP contribution in [0.15, 0.2) is 34.4 Å². The molecule has 0 saturated carbocycles. The first-order valence-electron chi connectivity index (χ1n) is 4.54. The highest BCUT2D eigenvalue weighted by atomic mass is 79.9. The summed E-state index contributed by atoms with van der Waals surface area (Å²) in [5.74, 6) is 0. The second-order valence-corrected chi connectivity index (χ2v) is 4.89. The lowest BCUT2D eigenvalue weighted by Gasteiger charge is -2.01. The maximum Gasteiger partial charge on any atom is 0.106 e. The summed E-state index contributed by atoms with van der Waals surface area (Å²) in [6.07, 6.45) is 3.62. The topological polar surface area (TPSA) is 37.8 Å². The molecule has 0 aromatic carbocycles. The minimum absolute atomic E-state index is 0.771. The number of hydrogen-bond acceptors (Lipinski definition) is 4. The first kappa shape index (κ1) is 10.7. The predicted molar refractivity (Wildman–Crippen MR) is 64.6 cm³/mol. The van der Waals surface area contributed by atoms with Crippen molar-refractivity contribution >= 4 is 27.3 Å². The van der Waals surface area contributed by atoms with E-state index in [1.165, 1.54) is 0 Å². The largest absolute Gasteiger partial charge is 0.305 e. The van der Waals surface area contributed by atoms with Crippen molar-refractivity contribution in [3.8, 4) is 0 Å². The average Bonchev–Trinajstić information content (AvgIpc) is 2.74. The minimum atomic E-state index is 0.771. The average molecular weight is 284 g/mol. The zero-order valence-corrected chi connectivity index (χ0v) is 10.4. The van der Waals surface area contributed by atoms with Crippen LogP contribution in [0.25, 0.3) is 0 Å². The van der Waals surface area contributed by atoms with Crippen LogP contribution in [0.4, 0.5) is 0 Å². The molecule has 0 atom stereocenters. The number of pyridine rings is 1. The molecule has 1 N–H and O–H groups in total. The molecule has 2 heterocycles. The van der Waals surface area contributed by atoms with E-state index in [0.717, 1.165) is 28.3 Å². The van der Waals surface area contributed by atoms with Crippen LogP contribution in [0.5, 0.6) is 0 Å². The third-order valence-electron chi connectivity index (χ3n) is 1.85. The van der Waals surface area contributed by atoms with E-state index in [2.05, 4.69) is 31.2 Å². The van der Waals surface area contributed by atoms with Crippen LogP contribution in [-0.2, 0) is 13.1 Å². The van der Waals surface area contributed by atoms with Crippen LogP contribution in [0.1, 0.15) is 10.7 Å². The first-order chi connectivity index (χ1) is 7.34. The van der Waals surface area contributed by atoms with Gasteiger partial charge in [0, 0.05) is 35.3 Å². The van der Waals surface area contributed by atoms with Gasteiger partial charge in [-0.15, -0.1) is 11.3 Å². The molecule has 0 bridgehead atoms. The molecule has 3 nitrogen and oxygen atoms in total. The zero-order valence-electron chi connectivity index (χ0n) is 7.98. The molecule has 2 aromatic heterocycles. The van der Waals surface area contributed by atoms with Crippen LogP contribution in [0, 0.1) is 0 Å². The maximum atomic E-state index is 4.27. The van der Waals surface area contributed by atoms with Gasteiger partial charge in [-0.3, -0.25) is 4.98 Å². The second kappa shape index (κ2) is 5.34. The Labute approximate surface area is 101 Å². The Morgan fingerprint density at radius 2 is 2.20 bits per heavy atom. The third-order valence-corrected chi connectivity index (χ3v) is 3.10. The minimum Gasteiger partial charge on any atom is -0.305 e. The van der Waals surface area contributed by atoms with Crippen LogP contribution < -0.4 is 5.32 Å². The van der Waals surface area contributed by atoms with E-state index in [1.807, 2.05) is 23.7 Å². The lowest BCUT2D eigenvalue weighted by atomic mass is 10.3. The van der Waals surface area contributed by atoms with Crippen molar-refractivity contribution < 1.29 is 0 Å². The third kappa shape index (κ3) is 3.37. The Morgan fingerprint density at radius 1 is 1.27 bits per heavy atom. The summed E-state index contributed by atoms with van der Waals surface area (Å²) in [5.41, 5.74) is 1.04. The summed E-state index contributed by atoms with van der Waals surface area (Å²) in [7, 11) is 0. The summed E-state index contributed by atoms with van der Waals surface area (Å²) < 4.78 is 1.01. The predicted octanol–water partition coefficient (Wildman–Crippen LogP) is 2.59. The van der Waals surface area contributed by atoms with Crippen molar-refractivity contribution in [3.63, 3.8) is 0 Å². The molecular weight excluding hydrogens is 274 g/mol. The van der Waals surface area contributed by atoms with Gasteiger partial charge >= 0.3 is 0 Å². The van der Waals surface area contributed by atoms with Gasteiger partial charge in [0.15, 0.2) is 0 Å². The van der Waals surface area contributed by atoms with Crippen LogP contribution >= 0.6 is 27.3 Å². The highest BCUT2D eigenvalue weighted by molar-refractivity contribution is 9.10. The lowest BCUT2D eigenvalue weighted by molar-refractivity contribution is 0.676. The quantitative estimate of drug-likeness (QED) is 0.937. The normalized spacial score (nSPS) is 10.5. The van der Waals surface area contributed by atoms with E-state index >= 15 is 0 Å². The van der Waals surface area contributed by atoms with Crippen LogP contribution in [-0.4, -0.2) is 9.97 Å². The van der Waals surface area contributed by atoms with Gasteiger partial charge < -0.3 is 5.32 Å². The summed E-state index contributed by atoms with van der Waals surface area (Å²) >= 11 is 5.01. The van der Waals surface area contributed by atoms with Gasteiger partial charge in [0.1, 0.15) is 5.01 Å². The summed E-state index contributed by atoms with van der Waals surface area (Å²) in [5, 5.41) is 6.38. The molecular formula is C10H10BrN3S. The molecule has 0 aliphatic heterocycles. The molecule has 0 spiro atoms. The van der Waals surface area contributed by atoms with Crippen molar-refractivity contribution in [1.82, 2.24) is 15.3 Å². The molecule has 0 amide bonds. The van der Waals surface area contributed by atoms with Gasteiger partial charge in [-0.2, -0.15) is 0 Å². The number of nitrogens with zero attached hydrogens (tertiary/aromatic N) is 2. The Balaban J connectivity index is 1.81. The number of rotatable bonds is 4. The summed E-state index contributed by atoms with van der Waals surface area (Å²) in [6, 6.07) is 3.99. The number of aromatic nitrogens is 2. The highest BCUT2D eigenvalue weighted by Gasteiger charge is 1.96. The fourth-order valence-electron chi connectivity index (χ4n) is 1.15. The monoisotopic (exact) mass is 283 g/mol. The smallest absolute Gasteiger partial charge is 0.106 e. The van der Waals surface area contributed by atoms with E-state index in [-0.39, 0.29) is 0 Å². The number of nitrogens with one attached hydrogen (secondary N) is 1. The second-order valence-electron chi connectivity index (χ2n) is 3.00. The van der Waals surface area contributed by atoms with Crippen molar-refractivity contribution in [1.29, 1.82) is 0 Å². The van der Waals surface area contributed by atoms with E-state index in [1.54, 1.807) is 17.5 Å². The van der Waals surface area contributed by atoms with E-state index in [4.69, 9.17) is 0 Å². The molecule has 0 unspecified atom stereocenters. The number of hydrogen-bond donors (Lipinski definition) is 1. The molecule has 78 valence electrons. The van der Waals surface area contributed by atoms with Crippen molar-refractivity contribution in [3.05, 3.63) is 45.1 Å². The van der Waals surface area contributed by atoms with E-state index < -0.39 is 0 Å². The standard InChI is InChI=1S/C10H10BrN3S/c11-8-1-2-9(14-5-8)6-12-7-10-13-3-4-15-10/h1-5,12H,6-7H2. The molecule has 0 radical (unpaired) electrons. The van der Waals surface area contributed by atoms with Crippen molar-refractivity contribution in [2.75, 3.05) is 0 Å². The van der Waals surface area contributed by atoms with Gasteiger partial charge in [0.05, 0.1) is 5.69 Å². The molecule has 2 aromatic rings.